The molecule has 33 heavy (non-hydrogen) atoms. The van der Waals surface area contributed by atoms with Gasteiger partial charge in [0.25, 0.3) is 5.56 Å². The summed E-state index contributed by atoms with van der Waals surface area (Å²) < 4.78 is 12.4. The summed E-state index contributed by atoms with van der Waals surface area (Å²) >= 11 is 1.32. The Morgan fingerprint density at radius 2 is 2.06 bits per heavy atom. The van der Waals surface area contributed by atoms with Gasteiger partial charge in [-0.2, -0.15) is 4.98 Å². The first kappa shape index (κ1) is 23.2. The number of nitrogens with one attached hydrogen (secondary N) is 1. The van der Waals surface area contributed by atoms with Crippen molar-refractivity contribution in [2.45, 2.75) is 51.9 Å². The largest absolute Gasteiger partial charge is 0.462 e. The zero-order valence-electron chi connectivity index (χ0n) is 19.1. The maximum atomic E-state index is 13.2. The van der Waals surface area contributed by atoms with Crippen LogP contribution in [0, 0.1) is 0 Å². The Morgan fingerprint density at radius 1 is 1.27 bits per heavy atom. The van der Waals surface area contributed by atoms with Crippen molar-refractivity contribution in [3.8, 4) is 6.01 Å². The highest BCUT2D eigenvalue weighted by molar-refractivity contribution is 7.21. The Morgan fingerprint density at radius 3 is 2.79 bits per heavy atom. The number of ether oxygens (including phenoxy) is 2. The summed E-state index contributed by atoms with van der Waals surface area (Å²) in [6.45, 7) is 5.63. The van der Waals surface area contributed by atoms with Crippen molar-refractivity contribution in [1.29, 1.82) is 0 Å². The third-order valence-electron chi connectivity index (χ3n) is 5.44. The van der Waals surface area contributed by atoms with Gasteiger partial charge in [0.2, 0.25) is 5.91 Å². The van der Waals surface area contributed by atoms with E-state index in [1.54, 1.807) is 7.11 Å². The Hall–Kier alpha value is -2.98. The van der Waals surface area contributed by atoms with Gasteiger partial charge in [0.05, 0.1) is 19.3 Å². The van der Waals surface area contributed by atoms with Gasteiger partial charge in [-0.1, -0.05) is 41.7 Å². The van der Waals surface area contributed by atoms with Crippen molar-refractivity contribution in [2.24, 2.45) is 0 Å². The molecule has 1 atom stereocenters. The summed E-state index contributed by atoms with van der Waals surface area (Å²) in [6, 6.07) is 9.76. The maximum absolute atomic E-state index is 13.2. The number of methoxy groups -OCH3 is 1. The molecule has 2 aromatic heterocycles. The summed E-state index contributed by atoms with van der Waals surface area (Å²) in [7, 11) is 1.58. The van der Waals surface area contributed by atoms with E-state index in [4.69, 9.17) is 9.47 Å². The van der Waals surface area contributed by atoms with E-state index in [0.717, 1.165) is 18.4 Å². The SMILES string of the molecule is COCCn1c(OC(C)C)nc2sc(N3CCCC3C(=O)NCc3ccccc3)nc2c1=O. The van der Waals surface area contributed by atoms with E-state index in [-0.39, 0.29) is 35.1 Å². The van der Waals surface area contributed by atoms with Crippen LogP contribution in [0.5, 0.6) is 6.01 Å². The van der Waals surface area contributed by atoms with Crippen LogP contribution in [-0.4, -0.2) is 52.8 Å². The number of thiazole rings is 1. The molecule has 0 bridgehead atoms. The number of hydrogen-bond acceptors (Lipinski definition) is 8. The lowest BCUT2D eigenvalue weighted by Gasteiger charge is -2.23. The van der Waals surface area contributed by atoms with Gasteiger partial charge in [-0.3, -0.25) is 14.2 Å². The molecule has 1 aliphatic heterocycles. The van der Waals surface area contributed by atoms with Gasteiger partial charge in [-0.05, 0) is 32.3 Å². The van der Waals surface area contributed by atoms with Crippen LogP contribution in [-0.2, 0) is 22.6 Å². The van der Waals surface area contributed by atoms with Gasteiger partial charge in [0.1, 0.15) is 6.04 Å². The number of aromatic nitrogens is 3. The van der Waals surface area contributed by atoms with Crippen LogP contribution >= 0.6 is 11.3 Å². The van der Waals surface area contributed by atoms with E-state index in [1.807, 2.05) is 49.1 Å². The molecule has 1 N–H and O–H groups in total. The minimum Gasteiger partial charge on any atom is -0.462 e. The number of nitrogens with zero attached hydrogens (tertiary/aromatic N) is 4. The lowest BCUT2D eigenvalue weighted by molar-refractivity contribution is -0.122. The van der Waals surface area contributed by atoms with Crippen LogP contribution in [0.1, 0.15) is 32.3 Å². The smallest absolute Gasteiger partial charge is 0.300 e. The topological polar surface area (TPSA) is 98.6 Å². The number of fused-ring (bicyclic) bond motifs is 1. The summed E-state index contributed by atoms with van der Waals surface area (Å²) in [5.41, 5.74) is 1.07. The highest BCUT2D eigenvalue weighted by Crippen LogP contribution is 2.32. The third-order valence-corrected chi connectivity index (χ3v) is 6.43. The fraction of sp³-hybridized carbons (Fsp3) is 0.478. The summed E-state index contributed by atoms with van der Waals surface area (Å²) in [6.07, 6.45) is 1.49. The highest BCUT2D eigenvalue weighted by Gasteiger charge is 2.33. The molecular formula is C23H29N5O4S. The fourth-order valence-electron chi connectivity index (χ4n) is 3.85. The van der Waals surface area contributed by atoms with E-state index in [9.17, 15) is 9.59 Å². The van der Waals surface area contributed by atoms with Crippen LogP contribution in [0.4, 0.5) is 5.13 Å². The molecule has 176 valence electrons. The second-order valence-corrected chi connectivity index (χ2v) is 9.17. The molecule has 1 fully saturated rings. The number of carbonyl (C=O) groups is 1. The Balaban J connectivity index is 1.59. The third kappa shape index (κ3) is 5.17. The molecule has 3 aromatic rings. The van der Waals surface area contributed by atoms with Crippen molar-refractivity contribution in [1.82, 2.24) is 19.9 Å². The molecule has 1 unspecified atom stereocenters. The van der Waals surface area contributed by atoms with Gasteiger partial charge >= 0.3 is 6.01 Å². The molecule has 0 aliphatic carbocycles. The van der Waals surface area contributed by atoms with E-state index >= 15 is 0 Å². The average Bonchev–Trinajstić information content (AvgIpc) is 3.45. The molecule has 4 rings (SSSR count). The zero-order chi connectivity index (χ0) is 23.4. The summed E-state index contributed by atoms with van der Waals surface area (Å²) in [5, 5.41) is 3.66. The first-order valence-corrected chi connectivity index (χ1v) is 11.9. The molecule has 0 spiro atoms. The number of benzene rings is 1. The van der Waals surface area contributed by atoms with E-state index in [2.05, 4.69) is 15.3 Å². The minimum absolute atomic E-state index is 0.0371. The van der Waals surface area contributed by atoms with Crippen LogP contribution in [0.3, 0.4) is 0 Å². The predicted octanol–water partition coefficient (Wildman–Crippen LogP) is 2.57. The van der Waals surface area contributed by atoms with Crippen molar-refractivity contribution in [3.05, 3.63) is 46.2 Å². The van der Waals surface area contributed by atoms with Crippen LogP contribution in [0.2, 0.25) is 0 Å². The molecular weight excluding hydrogens is 442 g/mol. The van der Waals surface area contributed by atoms with E-state index < -0.39 is 0 Å². The van der Waals surface area contributed by atoms with Gasteiger partial charge < -0.3 is 19.7 Å². The normalized spacial score (nSPS) is 16.0. The fourth-order valence-corrected chi connectivity index (χ4v) is 4.85. The van der Waals surface area contributed by atoms with Crippen molar-refractivity contribution >= 4 is 32.7 Å². The maximum Gasteiger partial charge on any atom is 0.300 e. The summed E-state index contributed by atoms with van der Waals surface area (Å²) in [4.78, 5) is 37.8. The Bertz CT molecular complexity index is 1160. The van der Waals surface area contributed by atoms with Crippen molar-refractivity contribution in [3.63, 3.8) is 0 Å². The van der Waals surface area contributed by atoms with Crippen LogP contribution < -0.4 is 20.5 Å². The number of rotatable bonds is 9. The first-order chi connectivity index (χ1) is 16.0. The number of hydrogen-bond donors (Lipinski definition) is 1. The van der Waals surface area contributed by atoms with Gasteiger partial charge in [0, 0.05) is 20.2 Å². The molecule has 3 heterocycles. The van der Waals surface area contributed by atoms with Gasteiger partial charge in [-0.25, -0.2) is 4.98 Å². The minimum atomic E-state index is -0.323. The standard InChI is InChI=1S/C23H29N5O4S/c1-15(2)32-22-26-20-18(21(30)28(22)12-13-31-3)25-23(33-20)27-11-7-10-17(27)19(29)24-14-16-8-5-4-6-9-16/h4-6,8-9,15,17H,7,10-14H2,1-3H3,(H,24,29). The van der Waals surface area contributed by atoms with Crippen molar-refractivity contribution in [2.75, 3.05) is 25.2 Å². The second kappa shape index (κ2) is 10.3. The van der Waals surface area contributed by atoms with Crippen LogP contribution in [0.25, 0.3) is 10.3 Å². The Labute approximate surface area is 196 Å². The molecule has 1 aromatic carbocycles. The lowest BCUT2D eigenvalue weighted by atomic mass is 10.2. The molecule has 1 saturated heterocycles. The second-order valence-electron chi connectivity index (χ2n) is 8.22. The highest BCUT2D eigenvalue weighted by atomic mass is 32.1. The Kier molecular flexibility index (Phi) is 7.24. The number of carbonyl (C=O) groups excluding carboxylic acids is 1. The van der Waals surface area contributed by atoms with Crippen molar-refractivity contribution < 1.29 is 14.3 Å². The van der Waals surface area contributed by atoms with E-state index in [1.165, 1.54) is 15.9 Å². The molecule has 0 radical (unpaired) electrons. The van der Waals surface area contributed by atoms with Gasteiger partial charge in [0.15, 0.2) is 15.5 Å². The first-order valence-electron chi connectivity index (χ1n) is 11.1. The lowest BCUT2D eigenvalue weighted by Crippen LogP contribution is -2.43. The quantitative estimate of drug-likeness (QED) is 0.512. The average molecular weight is 472 g/mol. The monoisotopic (exact) mass is 471 g/mol. The number of anilines is 1. The summed E-state index contributed by atoms with van der Waals surface area (Å²) in [5.74, 6) is -0.0371. The molecule has 0 saturated carbocycles. The van der Waals surface area contributed by atoms with Crippen LogP contribution in [0.15, 0.2) is 35.1 Å². The molecule has 10 heteroatoms. The molecule has 9 nitrogen and oxygen atoms in total. The zero-order valence-corrected chi connectivity index (χ0v) is 19.9. The molecule has 1 amide bonds. The number of amides is 1. The predicted molar refractivity (Wildman–Crippen MR) is 128 cm³/mol. The van der Waals surface area contributed by atoms with Gasteiger partial charge in [-0.15, -0.1) is 0 Å². The van der Waals surface area contributed by atoms with E-state index in [0.29, 0.717) is 36.2 Å². The molecule has 1 aliphatic rings.